The number of nitrogens with two attached hydrogens (primary N) is 1. The van der Waals surface area contributed by atoms with E-state index in [9.17, 15) is 9.59 Å². The number of amides is 2. The van der Waals surface area contributed by atoms with Gasteiger partial charge in [-0.15, -0.1) is 0 Å². The Kier molecular flexibility index (Phi) is 7.92. The predicted octanol–water partition coefficient (Wildman–Crippen LogP) is 3.40. The van der Waals surface area contributed by atoms with Crippen molar-refractivity contribution in [2.75, 3.05) is 18.4 Å². The van der Waals surface area contributed by atoms with Crippen LogP contribution in [0.2, 0.25) is 0 Å². The van der Waals surface area contributed by atoms with Crippen LogP contribution in [0.5, 0.6) is 0 Å². The van der Waals surface area contributed by atoms with Gasteiger partial charge in [-0.25, -0.2) is 0 Å². The third-order valence-electron chi connectivity index (χ3n) is 3.95. The second-order valence-electron chi connectivity index (χ2n) is 6.49. The molecule has 0 spiro atoms. The second-order valence-corrected chi connectivity index (χ2v) is 6.49. The van der Waals surface area contributed by atoms with Crippen LogP contribution >= 0.6 is 0 Å². The Hall–Kier alpha value is -1.88. The second kappa shape index (κ2) is 9.42. The van der Waals surface area contributed by atoms with Gasteiger partial charge in [0.15, 0.2) is 0 Å². The zero-order valence-electron chi connectivity index (χ0n) is 15.4. The number of hydrogen-bond donors (Lipinski definition) is 2. The summed E-state index contributed by atoms with van der Waals surface area (Å²) in [7, 11) is 0. The first-order valence-corrected chi connectivity index (χ1v) is 8.85. The van der Waals surface area contributed by atoms with Crippen LogP contribution < -0.4 is 11.1 Å². The van der Waals surface area contributed by atoms with E-state index in [1.807, 2.05) is 11.8 Å². The summed E-state index contributed by atoms with van der Waals surface area (Å²) in [6.07, 6.45) is 3.34. The molecule has 1 unspecified atom stereocenters. The minimum Gasteiger partial charge on any atom is -0.339 e. The summed E-state index contributed by atoms with van der Waals surface area (Å²) in [6, 6.07) is 7.01. The zero-order chi connectivity index (χ0) is 18.2. The van der Waals surface area contributed by atoms with E-state index in [1.54, 1.807) is 31.2 Å². The van der Waals surface area contributed by atoms with Crippen molar-refractivity contribution in [2.24, 2.45) is 5.73 Å². The molecule has 0 aliphatic heterocycles. The Morgan fingerprint density at radius 3 is 2.04 bits per heavy atom. The molecule has 0 aliphatic carbocycles. The maximum absolute atomic E-state index is 12.5. The molecule has 0 bridgehead atoms. The van der Waals surface area contributed by atoms with E-state index in [0.717, 1.165) is 32.4 Å². The van der Waals surface area contributed by atoms with Gasteiger partial charge in [-0.1, -0.05) is 27.2 Å². The van der Waals surface area contributed by atoms with Gasteiger partial charge >= 0.3 is 0 Å². The highest BCUT2D eigenvalue weighted by Crippen LogP contribution is 2.16. The molecule has 0 saturated heterocycles. The molecule has 5 nitrogen and oxygen atoms in total. The Morgan fingerprint density at radius 2 is 1.58 bits per heavy atom. The van der Waals surface area contributed by atoms with Crippen molar-refractivity contribution in [3.63, 3.8) is 0 Å². The summed E-state index contributed by atoms with van der Waals surface area (Å²) in [5.74, 6) is -0.173. The highest BCUT2D eigenvalue weighted by molar-refractivity contribution is 5.98. The number of benzene rings is 1. The molecule has 1 aromatic rings. The van der Waals surface area contributed by atoms with Crippen LogP contribution in [0.25, 0.3) is 0 Å². The van der Waals surface area contributed by atoms with E-state index >= 15 is 0 Å². The minimum atomic E-state index is -0.887. The van der Waals surface area contributed by atoms with E-state index in [-0.39, 0.29) is 11.8 Å². The number of carbonyl (C=O) groups is 2. The number of hydrogen-bond acceptors (Lipinski definition) is 3. The maximum Gasteiger partial charge on any atom is 0.253 e. The highest BCUT2D eigenvalue weighted by atomic mass is 16.2. The average molecular weight is 333 g/mol. The fraction of sp³-hybridized carbons (Fsp3) is 0.579. The molecule has 0 aliphatic rings. The molecule has 1 aromatic carbocycles. The van der Waals surface area contributed by atoms with Gasteiger partial charge in [0.05, 0.1) is 5.54 Å². The standard InChI is InChI=1S/C19H31N3O2/c1-5-12-19(4,20)18(24)21-16-10-8-15(9-11-16)17(23)22(13-6-2)14-7-3/h8-11H,5-7,12-14,20H2,1-4H3,(H,21,24). The average Bonchev–Trinajstić information content (AvgIpc) is 2.54. The normalized spacial score (nSPS) is 13.2. The fourth-order valence-corrected chi connectivity index (χ4v) is 2.64. The van der Waals surface area contributed by atoms with Crippen LogP contribution in [-0.4, -0.2) is 35.3 Å². The molecule has 2 amide bonds. The van der Waals surface area contributed by atoms with E-state index < -0.39 is 5.54 Å². The molecular weight excluding hydrogens is 302 g/mol. The Morgan fingerprint density at radius 1 is 1.04 bits per heavy atom. The van der Waals surface area contributed by atoms with Crippen LogP contribution in [-0.2, 0) is 4.79 Å². The van der Waals surface area contributed by atoms with E-state index in [2.05, 4.69) is 19.2 Å². The predicted molar refractivity (Wildman–Crippen MR) is 99.1 cm³/mol. The minimum absolute atomic E-state index is 0.0335. The van der Waals surface area contributed by atoms with Gasteiger partial charge in [-0.3, -0.25) is 9.59 Å². The van der Waals surface area contributed by atoms with Gasteiger partial charge in [0.2, 0.25) is 5.91 Å². The van der Waals surface area contributed by atoms with Crippen LogP contribution in [0.4, 0.5) is 5.69 Å². The van der Waals surface area contributed by atoms with E-state index in [4.69, 9.17) is 5.73 Å². The summed E-state index contributed by atoms with van der Waals surface area (Å²) in [4.78, 5) is 26.6. The first-order chi connectivity index (χ1) is 11.4. The van der Waals surface area contributed by atoms with Crippen molar-refractivity contribution in [1.82, 2.24) is 4.90 Å². The molecule has 134 valence electrons. The Bertz CT molecular complexity index is 532. The molecular formula is C19H31N3O2. The number of anilines is 1. The summed E-state index contributed by atoms with van der Waals surface area (Å²) in [6.45, 7) is 9.37. The molecule has 0 saturated carbocycles. The molecule has 0 aromatic heterocycles. The highest BCUT2D eigenvalue weighted by Gasteiger charge is 2.27. The van der Waals surface area contributed by atoms with Crippen molar-refractivity contribution in [1.29, 1.82) is 0 Å². The smallest absolute Gasteiger partial charge is 0.253 e. The van der Waals surface area contributed by atoms with Crippen molar-refractivity contribution in [2.45, 2.75) is 58.9 Å². The zero-order valence-corrected chi connectivity index (χ0v) is 15.4. The van der Waals surface area contributed by atoms with Gasteiger partial charge in [0.25, 0.3) is 5.91 Å². The third-order valence-corrected chi connectivity index (χ3v) is 3.95. The van der Waals surface area contributed by atoms with Crippen molar-refractivity contribution in [3.05, 3.63) is 29.8 Å². The van der Waals surface area contributed by atoms with E-state index in [1.165, 1.54) is 0 Å². The lowest BCUT2D eigenvalue weighted by atomic mass is 9.96. The van der Waals surface area contributed by atoms with Gasteiger partial charge in [-0.05, 0) is 50.5 Å². The van der Waals surface area contributed by atoms with Gasteiger partial charge in [0.1, 0.15) is 0 Å². The van der Waals surface area contributed by atoms with Gasteiger partial charge < -0.3 is 16.0 Å². The molecule has 1 atom stereocenters. The van der Waals surface area contributed by atoms with Crippen LogP contribution in [0.3, 0.4) is 0 Å². The first kappa shape index (κ1) is 20.2. The summed E-state index contributed by atoms with van der Waals surface area (Å²) < 4.78 is 0. The summed E-state index contributed by atoms with van der Waals surface area (Å²) in [5.41, 5.74) is 6.44. The lowest BCUT2D eigenvalue weighted by molar-refractivity contribution is -0.120. The number of nitrogens with one attached hydrogen (secondary N) is 1. The van der Waals surface area contributed by atoms with Crippen LogP contribution in [0.15, 0.2) is 24.3 Å². The Balaban J connectivity index is 2.78. The summed E-state index contributed by atoms with van der Waals surface area (Å²) in [5, 5.41) is 2.82. The molecule has 3 N–H and O–H groups in total. The number of nitrogens with zero attached hydrogens (tertiary/aromatic N) is 1. The molecule has 0 fully saturated rings. The third kappa shape index (κ3) is 5.64. The maximum atomic E-state index is 12.5. The topological polar surface area (TPSA) is 75.4 Å². The molecule has 0 heterocycles. The largest absolute Gasteiger partial charge is 0.339 e. The number of carbonyl (C=O) groups excluding carboxylic acids is 2. The lowest BCUT2D eigenvalue weighted by Crippen LogP contribution is -2.48. The molecule has 1 rings (SSSR count). The van der Waals surface area contributed by atoms with Crippen molar-refractivity contribution in [3.8, 4) is 0 Å². The van der Waals surface area contributed by atoms with Gasteiger partial charge in [-0.2, -0.15) is 0 Å². The Labute approximate surface area is 145 Å². The molecule has 0 radical (unpaired) electrons. The van der Waals surface area contributed by atoms with E-state index in [0.29, 0.717) is 17.7 Å². The van der Waals surface area contributed by atoms with Crippen LogP contribution in [0.1, 0.15) is 63.7 Å². The lowest BCUT2D eigenvalue weighted by Gasteiger charge is -2.23. The SMILES string of the molecule is CCCN(CCC)C(=O)c1ccc(NC(=O)C(C)(N)CCC)cc1. The molecule has 5 heteroatoms. The van der Waals surface area contributed by atoms with Gasteiger partial charge in [0, 0.05) is 24.3 Å². The summed E-state index contributed by atoms with van der Waals surface area (Å²) >= 11 is 0. The van der Waals surface area contributed by atoms with Crippen molar-refractivity contribution < 1.29 is 9.59 Å². The first-order valence-electron chi connectivity index (χ1n) is 8.85. The van der Waals surface area contributed by atoms with Crippen LogP contribution in [0, 0.1) is 0 Å². The fourth-order valence-electron chi connectivity index (χ4n) is 2.64. The van der Waals surface area contributed by atoms with Crippen molar-refractivity contribution >= 4 is 17.5 Å². The quantitative estimate of drug-likeness (QED) is 0.727. The monoisotopic (exact) mass is 333 g/mol. The number of rotatable bonds is 9. The molecule has 24 heavy (non-hydrogen) atoms.